The second-order valence-corrected chi connectivity index (χ2v) is 7.32. The number of nitrogens with zero attached hydrogens (tertiary/aromatic N) is 3. The second kappa shape index (κ2) is 14.0. The van der Waals surface area contributed by atoms with Crippen LogP contribution < -0.4 is 5.32 Å². The first-order valence-electron chi connectivity index (χ1n) is 10.6. The summed E-state index contributed by atoms with van der Waals surface area (Å²) in [6.45, 7) is 9.05. The highest BCUT2D eigenvalue weighted by Crippen LogP contribution is 2.18. The van der Waals surface area contributed by atoms with Gasteiger partial charge in [0.25, 0.3) is 0 Å². The van der Waals surface area contributed by atoms with E-state index in [1.54, 1.807) is 0 Å². The van der Waals surface area contributed by atoms with Crippen LogP contribution in [0.5, 0.6) is 0 Å². The predicted molar refractivity (Wildman–Crippen MR) is 122 cm³/mol. The summed E-state index contributed by atoms with van der Waals surface area (Å²) < 4.78 is 5.19. The third-order valence-corrected chi connectivity index (χ3v) is 5.19. The molecule has 0 aromatic rings. The number of carbonyl (C=O) groups excluding carboxylic acids is 2. The Balaban J connectivity index is 0.00000392. The van der Waals surface area contributed by atoms with E-state index in [4.69, 9.17) is 9.73 Å². The first-order valence-corrected chi connectivity index (χ1v) is 10.6. The quantitative estimate of drug-likeness (QED) is 0.188. The molecule has 1 N–H and O–H groups in total. The number of ether oxygens (including phenoxy) is 1. The van der Waals surface area contributed by atoms with Gasteiger partial charge in [-0.25, -0.2) is 0 Å². The van der Waals surface area contributed by atoms with Crippen molar-refractivity contribution in [1.29, 1.82) is 0 Å². The highest BCUT2D eigenvalue weighted by atomic mass is 127. The average Bonchev–Trinajstić information content (AvgIpc) is 2.89. The van der Waals surface area contributed by atoms with Gasteiger partial charge in [-0.3, -0.25) is 14.6 Å². The molecule has 162 valence electrons. The van der Waals surface area contributed by atoms with Gasteiger partial charge in [-0.15, -0.1) is 24.0 Å². The van der Waals surface area contributed by atoms with Gasteiger partial charge in [0.1, 0.15) is 0 Å². The zero-order chi connectivity index (χ0) is 19.5. The fourth-order valence-electron chi connectivity index (χ4n) is 3.77. The van der Waals surface area contributed by atoms with Gasteiger partial charge >= 0.3 is 5.97 Å². The number of guanidine groups is 1. The third kappa shape index (κ3) is 8.13. The zero-order valence-electron chi connectivity index (χ0n) is 17.5. The fraction of sp³-hybridized carbons (Fsp3) is 0.850. The maximum absolute atomic E-state index is 12.1. The van der Waals surface area contributed by atoms with Crippen LogP contribution in [0.2, 0.25) is 0 Å². The van der Waals surface area contributed by atoms with Crippen molar-refractivity contribution in [3.63, 3.8) is 0 Å². The lowest BCUT2D eigenvalue weighted by Crippen LogP contribution is -2.48. The normalized spacial score (nSPS) is 21.0. The van der Waals surface area contributed by atoms with E-state index < -0.39 is 0 Å². The summed E-state index contributed by atoms with van der Waals surface area (Å²) in [6, 6.07) is 0. The molecule has 0 radical (unpaired) electrons. The molecule has 1 atom stereocenters. The van der Waals surface area contributed by atoms with Crippen molar-refractivity contribution in [3.05, 3.63) is 0 Å². The fourth-order valence-corrected chi connectivity index (χ4v) is 3.77. The van der Waals surface area contributed by atoms with E-state index in [1.165, 1.54) is 0 Å². The molecule has 8 heteroatoms. The lowest BCUT2D eigenvalue weighted by Gasteiger charge is -2.34. The van der Waals surface area contributed by atoms with Gasteiger partial charge in [-0.1, -0.05) is 6.42 Å². The van der Waals surface area contributed by atoms with Crippen LogP contribution in [0.4, 0.5) is 0 Å². The lowest BCUT2D eigenvalue weighted by molar-refractivity contribution is -0.149. The first-order chi connectivity index (χ1) is 13.2. The van der Waals surface area contributed by atoms with Gasteiger partial charge in [-0.05, 0) is 46.0 Å². The predicted octanol–water partition coefficient (Wildman–Crippen LogP) is 2.64. The Bertz CT molecular complexity index is 516. The number of rotatable bonds is 7. The van der Waals surface area contributed by atoms with Crippen LogP contribution >= 0.6 is 24.0 Å². The van der Waals surface area contributed by atoms with Crippen molar-refractivity contribution in [2.45, 2.75) is 58.8 Å². The molecule has 2 rings (SSSR count). The molecule has 0 aromatic carbocycles. The largest absolute Gasteiger partial charge is 0.466 e. The number of amides is 1. The molecule has 0 spiro atoms. The van der Waals surface area contributed by atoms with Crippen LogP contribution in [-0.4, -0.2) is 73.5 Å². The number of aliphatic imine (C=N–C) groups is 1. The smallest absolute Gasteiger partial charge is 0.310 e. The van der Waals surface area contributed by atoms with Crippen LogP contribution in [0.15, 0.2) is 4.99 Å². The topological polar surface area (TPSA) is 74.2 Å². The summed E-state index contributed by atoms with van der Waals surface area (Å²) in [4.78, 5) is 33.1. The maximum Gasteiger partial charge on any atom is 0.310 e. The summed E-state index contributed by atoms with van der Waals surface area (Å²) in [5.41, 5.74) is 0. The standard InChI is InChI=1S/C20H36N4O3.HI/c1-3-21-20(24-14-8-10-17(16-24)19(26)27-4-2)22-12-9-15-23-13-7-5-6-11-18(23)25;/h17H,3-16H2,1-2H3,(H,21,22);1H. The molecule has 1 amide bonds. The van der Waals surface area contributed by atoms with Crippen LogP contribution in [0.3, 0.4) is 0 Å². The van der Waals surface area contributed by atoms with Crippen molar-refractivity contribution in [2.75, 3.05) is 45.9 Å². The first kappa shape index (κ1) is 25.0. The monoisotopic (exact) mass is 508 g/mol. The number of hydrogen-bond donors (Lipinski definition) is 1. The van der Waals surface area contributed by atoms with Crippen molar-refractivity contribution in [3.8, 4) is 0 Å². The highest BCUT2D eigenvalue weighted by molar-refractivity contribution is 14.0. The molecule has 2 heterocycles. The molecule has 2 saturated heterocycles. The van der Waals surface area contributed by atoms with Crippen LogP contribution in [0.1, 0.15) is 58.8 Å². The summed E-state index contributed by atoms with van der Waals surface area (Å²) in [5, 5.41) is 3.34. The number of halogens is 1. The minimum Gasteiger partial charge on any atom is -0.466 e. The van der Waals surface area contributed by atoms with Gasteiger partial charge in [0.2, 0.25) is 5.91 Å². The third-order valence-electron chi connectivity index (χ3n) is 5.19. The Morgan fingerprint density at radius 1 is 1.21 bits per heavy atom. The molecule has 0 saturated carbocycles. The van der Waals surface area contributed by atoms with Gasteiger partial charge in [0.05, 0.1) is 12.5 Å². The lowest BCUT2D eigenvalue weighted by atomic mass is 9.98. The van der Waals surface area contributed by atoms with E-state index in [2.05, 4.69) is 17.1 Å². The van der Waals surface area contributed by atoms with Crippen LogP contribution in [0.25, 0.3) is 0 Å². The molecule has 0 bridgehead atoms. The number of piperidine rings is 1. The van der Waals surface area contributed by atoms with Crippen LogP contribution in [0, 0.1) is 5.92 Å². The number of esters is 1. The average molecular weight is 508 g/mol. The van der Waals surface area contributed by atoms with Crippen LogP contribution in [-0.2, 0) is 14.3 Å². The van der Waals surface area contributed by atoms with Gasteiger partial charge in [0.15, 0.2) is 5.96 Å². The number of likely N-dealkylation sites (tertiary alicyclic amines) is 2. The SMILES string of the molecule is CCNC(=NCCCN1CCCCCC1=O)N1CCCC(C(=O)OCC)C1.I. The van der Waals surface area contributed by atoms with Crippen molar-refractivity contribution in [2.24, 2.45) is 10.9 Å². The van der Waals surface area contributed by atoms with E-state index in [1.807, 2.05) is 11.8 Å². The minimum atomic E-state index is -0.0993. The molecule has 2 fully saturated rings. The second-order valence-electron chi connectivity index (χ2n) is 7.32. The van der Waals surface area contributed by atoms with E-state index in [0.717, 1.165) is 70.7 Å². The molecule has 2 aliphatic heterocycles. The molecule has 0 aliphatic carbocycles. The number of nitrogens with one attached hydrogen (secondary N) is 1. The van der Waals surface area contributed by atoms with E-state index in [-0.39, 0.29) is 41.8 Å². The number of carbonyl (C=O) groups is 2. The number of hydrogen-bond acceptors (Lipinski definition) is 4. The summed E-state index contributed by atoms with van der Waals surface area (Å²) in [6.07, 6.45) is 6.70. The van der Waals surface area contributed by atoms with Crippen molar-refractivity contribution < 1.29 is 14.3 Å². The summed E-state index contributed by atoms with van der Waals surface area (Å²) >= 11 is 0. The Morgan fingerprint density at radius 2 is 2.04 bits per heavy atom. The van der Waals surface area contributed by atoms with Gasteiger partial charge in [-0.2, -0.15) is 0 Å². The molecular formula is C20H37IN4O3. The van der Waals surface area contributed by atoms with E-state index in [0.29, 0.717) is 26.1 Å². The highest BCUT2D eigenvalue weighted by Gasteiger charge is 2.28. The Morgan fingerprint density at radius 3 is 2.79 bits per heavy atom. The minimum absolute atomic E-state index is 0. The van der Waals surface area contributed by atoms with E-state index >= 15 is 0 Å². The Hall–Kier alpha value is -1.06. The molecule has 7 nitrogen and oxygen atoms in total. The summed E-state index contributed by atoms with van der Waals surface area (Å²) in [7, 11) is 0. The van der Waals surface area contributed by atoms with Crippen molar-refractivity contribution in [1.82, 2.24) is 15.1 Å². The van der Waals surface area contributed by atoms with Crippen molar-refractivity contribution >= 4 is 41.8 Å². The van der Waals surface area contributed by atoms with E-state index in [9.17, 15) is 9.59 Å². The molecule has 1 unspecified atom stereocenters. The van der Waals surface area contributed by atoms with Gasteiger partial charge < -0.3 is 19.9 Å². The molecular weight excluding hydrogens is 471 g/mol. The molecule has 0 aromatic heterocycles. The Labute approximate surface area is 186 Å². The summed E-state index contributed by atoms with van der Waals surface area (Å²) in [5.74, 6) is 0.986. The molecule has 28 heavy (non-hydrogen) atoms. The molecule has 2 aliphatic rings. The Kier molecular flexibility index (Phi) is 12.5. The maximum atomic E-state index is 12.1. The zero-order valence-corrected chi connectivity index (χ0v) is 19.8. The van der Waals surface area contributed by atoms with Gasteiger partial charge in [0, 0.05) is 45.7 Å².